The number of aromatic nitrogens is 1. The van der Waals surface area contributed by atoms with Gasteiger partial charge in [0.25, 0.3) is 0 Å². The number of nitriles is 1. The lowest BCUT2D eigenvalue weighted by atomic mass is 10.0. The van der Waals surface area contributed by atoms with Crippen LogP contribution in [-0.2, 0) is 0 Å². The lowest BCUT2D eigenvalue weighted by molar-refractivity contribution is 0.103. The molecule has 0 bridgehead atoms. The van der Waals surface area contributed by atoms with Crippen LogP contribution in [0.4, 0.5) is 5.69 Å². The maximum atomic E-state index is 13.6. The van der Waals surface area contributed by atoms with Gasteiger partial charge in [-0.15, -0.1) is 11.3 Å². The maximum absolute atomic E-state index is 13.6. The topological polar surface area (TPSA) is 103 Å². The molecule has 40 heavy (non-hydrogen) atoms. The monoisotopic (exact) mass is 575 g/mol. The molecule has 0 radical (unpaired) electrons. The number of halogens is 1. The molecule has 0 saturated heterocycles. The van der Waals surface area contributed by atoms with Crippen LogP contribution >= 0.6 is 22.9 Å². The van der Waals surface area contributed by atoms with Gasteiger partial charge in [0.15, 0.2) is 17.3 Å². The van der Waals surface area contributed by atoms with Crippen LogP contribution in [0.5, 0.6) is 23.0 Å². The summed E-state index contributed by atoms with van der Waals surface area (Å²) in [7, 11) is 4.45. The van der Waals surface area contributed by atoms with Gasteiger partial charge in [0.2, 0.25) is 5.75 Å². The van der Waals surface area contributed by atoms with Crippen LogP contribution in [0.1, 0.15) is 27.9 Å². The molecule has 0 saturated carbocycles. The van der Waals surface area contributed by atoms with E-state index in [4.69, 9.17) is 30.5 Å². The Morgan fingerprint density at radius 1 is 1.05 bits per heavy atom. The number of rotatable bonds is 11. The number of nitrogens with zero attached hydrogens (tertiary/aromatic N) is 2. The van der Waals surface area contributed by atoms with E-state index >= 15 is 0 Å². The van der Waals surface area contributed by atoms with Gasteiger partial charge < -0.3 is 24.3 Å². The molecule has 204 valence electrons. The van der Waals surface area contributed by atoms with Crippen molar-refractivity contribution in [3.05, 3.63) is 87.3 Å². The quantitative estimate of drug-likeness (QED) is 0.149. The summed E-state index contributed by atoms with van der Waals surface area (Å²) in [5, 5.41) is 15.8. The van der Waals surface area contributed by atoms with Crippen molar-refractivity contribution in [2.45, 2.75) is 6.92 Å². The van der Waals surface area contributed by atoms with Crippen molar-refractivity contribution in [3.8, 4) is 40.3 Å². The van der Waals surface area contributed by atoms with E-state index in [-0.39, 0.29) is 5.78 Å². The second-order valence-electron chi connectivity index (χ2n) is 8.24. The third kappa shape index (κ3) is 6.20. The molecule has 4 rings (SSSR count). The third-order valence-electron chi connectivity index (χ3n) is 5.84. The van der Waals surface area contributed by atoms with E-state index in [1.54, 1.807) is 30.3 Å². The Balaban J connectivity index is 1.63. The first-order valence-corrected chi connectivity index (χ1v) is 13.4. The van der Waals surface area contributed by atoms with Crippen LogP contribution in [0.25, 0.3) is 16.8 Å². The zero-order valence-corrected chi connectivity index (χ0v) is 23.9. The molecule has 1 aromatic heterocycles. The van der Waals surface area contributed by atoms with Crippen molar-refractivity contribution in [1.82, 2.24) is 4.98 Å². The second kappa shape index (κ2) is 13.0. The minimum atomic E-state index is -0.330. The highest BCUT2D eigenvalue weighted by Gasteiger charge is 2.20. The second-order valence-corrected chi connectivity index (χ2v) is 9.54. The minimum Gasteiger partial charge on any atom is -0.494 e. The first-order chi connectivity index (χ1) is 19.4. The van der Waals surface area contributed by atoms with Gasteiger partial charge >= 0.3 is 0 Å². The molecule has 1 heterocycles. The molecule has 0 fully saturated rings. The number of ether oxygens (including phenoxy) is 4. The van der Waals surface area contributed by atoms with E-state index in [1.165, 1.54) is 38.9 Å². The minimum absolute atomic E-state index is 0.296. The molecule has 3 aromatic carbocycles. The van der Waals surface area contributed by atoms with Gasteiger partial charge in [-0.1, -0.05) is 11.6 Å². The van der Waals surface area contributed by atoms with Crippen LogP contribution in [-0.4, -0.2) is 38.7 Å². The highest BCUT2D eigenvalue weighted by Crippen LogP contribution is 2.39. The average Bonchev–Trinajstić information content (AvgIpc) is 3.47. The normalized spacial score (nSPS) is 10.9. The van der Waals surface area contributed by atoms with Gasteiger partial charge in [0.05, 0.1) is 33.6 Å². The van der Waals surface area contributed by atoms with Crippen LogP contribution in [0.3, 0.4) is 0 Å². The number of carbonyl (C=O) groups excluding carboxylic acids is 1. The lowest BCUT2D eigenvalue weighted by Gasteiger charge is -2.15. The van der Waals surface area contributed by atoms with Crippen molar-refractivity contribution in [1.29, 1.82) is 5.26 Å². The first-order valence-electron chi connectivity index (χ1n) is 12.1. The Kier molecular flexibility index (Phi) is 9.27. The molecule has 0 atom stereocenters. The fraction of sp³-hybridized carbons (Fsp3) is 0.167. The number of hydrogen-bond acceptors (Lipinski definition) is 9. The van der Waals surface area contributed by atoms with Crippen molar-refractivity contribution in [2.24, 2.45) is 0 Å². The van der Waals surface area contributed by atoms with Crippen molar-refractivity contribution in [3.63, 3.8) is 0 Å². The van der Waals surface area contributed by atoms with Crippen LogP contribution in [0, 0.1) is 11.3 Å². The fourth-order valence-electron chi connectivity index (χ4n) is 3.91. The van der Waals surface area contributed by atoms with Gasteiger partial charge in [-0.25, -0.2) is 4.98 Å². The molecule has 0 unspecified atom stereocenters. The number of ketones is 1. The zero-order chi connectivity index (χ0) is 28.6. The standard InChI is InChI=1S/C30H26ClN3O5S/c1-5-39-22-9-6-18(7-10-22)25-17-40-30(34-25)20(15-32)16-33-24-11-8-21(31)14-23(24)28(35)19-12-26(36-2)29(38-4)27(13-19)37-3/h6-14,16-17,33H,5H2,1-4H3. The summed E-state index contributed by atoms with van der Waals surface area (Å²) in [5.41, 5.74) is 3.03. The smallest absolute Gasteiger partial charge is 0.203 e. The largest absolute Gasteiger partial charge is 0.494 e. The van der Waals surface area contributed by atoms with E-state index in [1.807, 2.05) is 36.6 Å². The molecular formula is C30H26ClN3O5S. The Morgan fingerprint density at radius 3 is 2.35 bits per heavy atom. The molecule has 10 heteroatoms. The highest BCUT2D eigenvalue weighted by molar-refractivity contribution is 7.11. The molecule has 4 aromatic rings. The maximum Gasteiger partial charge on any atom is 0.203 e. The first kappa shape index (κ1) is 28.5. The van der Waals surface area contributed by atoms with Gasteiger partial charge in [0.1, 0.15) is 22.4 Å². The van der Waals surface area contributed by atoms with Crippen molar-refractivity contribution >= 4 is 40.0 Å². The molecule has 8 nitrogen and oxygen atoms in total. The van der Waals surface area contributed by atoms with Gasteiger partial charge in [0, 0.05) is 39.0 Å². The fourth-order valence-corrected chi connectivity index (χ4v) is 4.87. The molecule has 0 aliphatic carbocycles. The molecule has 0 spiro atoms. The predicted molar refractivity (Wildman–Crippen MR) is 157 cm³/mol. The van der Waals surface area contributed by atoms with Crippen LogP contribution in [0.15, 0.2) is 66.2 Å². The Morgan fingerprint density at radius 2 is 1.75 bits per heavy atom. The summed E-state index contributed by atoms with van der Waals surface area (Å²) in [6, 6.07) is 17.8. The molecular weight excluding hydrogens is 550 g/mol. The number of nitrogens with one attached hydrogen (secondary N) is 1. The van der Waals surface area contributed by atoms with Gasteiger partial charge in [-0.3, -0.25) is 4.79 Å². The Hall–Kier alpha value is -4.52. The predicted octanol–water partition coefficient (Wildman–Crippen LogP) is 7.10. The summed E-state index contributed by atoms with van der Waals surface area (Å²) in [5.74, 6) is 1.52. The average molecular weight is 576 g/mol. The SMILES string of the molecule is CCOc1ccc(-c2csc(C(C#N)=CNc3ccc(Cl)cc3C(=O)c3cc(OC)c(OC)c(OC)c3)n2)cc1. The van der Waals surface area contributed by atoms with Gasteiger partial charge in [-0.2, -0.15) is 5.26 Å². The summed E-state index contributed by atoms with van der Waals surface area (Å²) in [6.45, 7) is 2.52. The summed E-state index contributed by atoms with van der Waals surface area (Å²) < 4.78 is 21.7. The van der Waals surface area contributed by atoms with E-state index in [2.05, 4.69) is 16.4 Å². The lowest BCUT2D eigenvalue weighted by Crippen LogP contribution is -2.07. The molecule has 0 amide bonds. The summed E-state index contributed by atoms with van der Waals surface area (Å²) in [6.07, 6.45) is 1.52. The third-order valence-corrected chi connectivity index (χ3v) is 6.95. The Labute approximate surface area is 241 Å². The highest BCUT2D eigenvalue weighted by atomic mass is 35.5. The van der Waals surface area contributed by atoms with Gasteiger partial charge in [-0.05, 0) is 61.5 Å². The van der Waals surface area contributed by atoms with Crippen molar-refractivity contribution < 1.29 is 23.7 Å². The molecule has 0 aliphatic heterocycles. The van der Waals surface area contributed by atoms with E-state index in [0.717, 1.165) is 17.0 Å². The zero-order valence-electron chi connectivity index (χ0n) is 22.3. The van der Waals surface area contributed by atoms with E-state index in [0.29, 0.717) is 56.3 Å². The van der Waals surface area contributed by atoms with Crippen LogP contribution < -0.4 is 24.3 Å². The number of allylic oxidation sites excluding steroid dienone is 1. The number of anilines is 1. The number of thiazole rings is 1. The number of hydrogen-bond donors (Lipinski definition) is 1. The molecule has 0 aliphatic rings. The van der Waals surface area contributed by atoms with E-state index < -0.39 is 0 Å². The summed E-state index contributed by atoms with van der Waals surface area (Å²) in [4.78, 5) is 18.2. The number of methoxy groups -OCH3 is 3. The number of carbonyl (C=O) groups is 1. The summed E-state index contributed by atoms with van der Waals surface area (Å²) >= 11 is 7.60. The van der Waals surface area contributed by atoms with E-state index in [9.17, 15) is 10.1 Å². The Bertz CT molecular complexity index is 1570. The number of benzene rings is 3. The van der Waals surface area contributed by atoms with Crippen LogP contribution in [0.2, 0.25) is 5.02 Å². The van der Waals surface area contributed by atoms with Crippen molar-refractivity contribution in [2.75, 3.05) is 33.3 Å². The molecule has 1 N–H and O–H groups in total.